The minimum Gasteiger partial charge on any atom is -0.494 e. The molecule has 2 saturated heterocycles. The lowest BCUT2D eigenvalue weighted by Crippen LogP contribution is -2.43. The number of benzene rings is 12. The molecule has 0 amide bonds. The molecule has 10 heteroatoms. The van der Waals surface area contributed by atoms with Crippen LogP contribution >= 0.6 is 0 Å². The Balaban J connectivity index is 0.697. The molecule has 0 radical (unpaired) electrons. The van der Waals surface area contributed by atoms with Gasteiger partial charge in [0.25, 0.3) is 0 Å². The number of nitrogens with zero attached hydrogens (tertiary/aromatic N) is 3. The zero-order chi connectivity index (χ0) is 68.5. The molecule has 1 atom stereocenters. The van der Waals surface area contributed by atoms with Crippen molar-refractivity contribution in [3.05, 3.63) is 332 Å². The smallest absolute Gasteiger partial charge is 0.127 e. The van der Waals surface area contributed by atoms with Crippen LogP contribution < -0.4 is 28.9 Å². The molecule has 508 valence electrons. The molecular weight excluding hydrogens is 1250 g/mol. The van der Waals surface area contributed by atoms with E-state index in [0.717, 1.165) is 173 Å². The van der Waals surface area contributed by atoms with Gasteiger partial charge in [-0.3, -0.25) is 0 Å². The van der Waals surface area contributed by atoms with Crippen LogP contribution in [0.2, 0.25) is 0 Å². The predicted octanol–water partition coefficient (Wildman–Crippen LogP) is 22.8. The van der Waals surface area contributed by atoms with Gasteiger partial charge in [0, 0.05) is 87.2 Å². The molecule has 0 saturated carbocycles. The summed E-state index contributed by atoms with van der Waals surface area (Å²) in [5.41, 5.74) is 17.8. The first-order valence-corrected chi connectivity index (χ1v) is 35.4. The van der Waals surface area contributed by atoms with Crippen molar-refractivity contribution >= 4 is 51.2 Å². The molecule has 2 aliphatic heterocycles. The Hall–Kier alpha value is -10.7. The van der Waals surface area contributed by atoms with Gasteiger partial charge in [-0.25, -0.2) is 0 Å². The van der Waals surface area contributed by atoms with E-state index in [4.69, 9.17) is 33.2 Å². The van der Waals surface area contributed by atoms with Crippen molar-refractivity contribution in [3.63, 3.8) is 0 Å². The highest BCUT2D eigenvalue weighted by atomic mass is 16.5. The summed E-state index contributed by atoms with van der Waals surface area (Å²) in [7, 11) is 0. The van der Waals surface area contributed by atoms with Gasteiger partial charge < -0.3 is 47.9 Å². The fraction of sp³-hybridized carbons (Fsp3) is 0.209. The van der Waals surface area contributed by atoms with Crippen molar-refractivity contribution in [2.75, 3.05) is 80.8 Å². The monoisotopic (exact) mass is 1330 g/mol. The molecule has 10 nitrogen and oxygen atoms in total. The maximum atomic E-state index is 6.70. The van der Waals surface area contributed by atoms with Crippen LogP contribution in [0.4, 0.5) is 51.2 Å². The highest BCUT2D eigenvalue weighted by Crippen LogP contribution is 2.43. The fourth-order valence-electron chi connectivity index (χ4n) is 13.2. The molecule has 2 aliphatic rings. The minimum absolute atomic E-state index is 0.0971. The Morgan fingerprint density at radius 1 is 0.287 bits per heavy atom. The van der Waals surface area contributed by atoms with Gasteiger partial charge in [0.05, 0.1) is 52.9 Å². The van der Waals surface area contributed by atoms with Crippen LogP contribution in [0.3, 0.4) is 0 Å². The Labute approximate surface area is 595 Å². The lowest BCUT2D eigenvalue weighted by molar-refractivity contribution is -0.138. The molecule has 0 aromatic heterocycles. The summed E-state index contributed by atoms with van der Waals surface area (Å²) in [5.74, 6) is 3.02. The van der Waals surface area contributed by atoms with E-state index in [1.54, 1.807) is 0 Å². The van der Waals surface area contributed by atoms with Crippen molar-refractivity contribution in [2.24, 2.45) is 10.8 Å². The van der Waals surface area contributed by atoms with E-state index in [2.05, 4.69) is 326 Å². The van der Waals surface area contributed by atoms with Gasteiger partial charge in [-0.15, -0.1) is 0 Å². The average Bonchev–Trinajstić information content (AvgIpc) is 0.806. The van der Waals surface area contributed by atoms with E-state index in [1.807, 2.05) is 18.2 Å². The normalized spacial score (nSPS) is 13.8. The van der Waals surface area contributed by atoms with Crippen molar-refractivity contribution in [2.45, 2.75) is 45.4 Å². The van der Waals surface area contributed by atoms with Crippen LogP contribution in [-0.2, 0) is 18.9 Å². The van der Waals surface area contributed by atoms with Crippen molar-refractivity contribution < 1.29 is 33.2 Å². The van der Waals surface area contributed by atoms with Crippen LogP contribution in [0.5, 0.6) is 23.0 Å². The van der Waals surface area contributed by atoms with Gasteiger partial charge in [-0.2, -0.15) is 0 Å². The Bertz CT molecular complexity index is 4150. The standard InChI is InChI=1S/C91H87N3O7/c1-90(65-97-66-90)63-95-57-15-17-59-99-87-31-19-21-75(61-87)89(73-35-33-69(34-36-73)70-37-45-80(46-38-70)92(76-22-7-3-8-23-76)77-24-9-4-10-25-77)74-43-53-85(54-44-74)101-86-55-51-83(52-56-86)94(84-30-20-32-88(62-84)100-60-18-16-58-96-64-91(2)67-98-68-91)82-49-41-72(42-50-82)71-39-47-81(48-40-71)93(78-26-11-5-12-27-78)79-28-13-6-14-29-79/h3-14,19-56,61-62,89H,15-18,57-60,63-68H2,1-2H3. The zero-order valence-corrected chi connectivity index (χ0v) is 57.7. The summed E-state index contributed by atoms with van der Waals surface area (Å²) in [5, 5.41) is 0. The number of anilines is 9. The second kappa shape index (κ2) is 32.5. The quantitative estimate of drug-likeness (QED) is 0.0301. The Morgan fingerprint density at radius 2 is 0.594 bits per heavy atom. The van der Waals surface area contributed by atoms with E-state index >= 15 is 0 Å². The van der Waals surface area contributed by atoms with Crippen LogP contribution in [0, 0.1) is 10.8 Å². The number of unbranched alkanes of at least 4 members (excludes halogenated alkanes) is 2. The van der Waals surface area contributed by atoms with Crippen LogP contribution in [-0.4, -0.2) is 66.1 Å². The van der Waals surface area contributed by atoms with Gasteiger partial charge in [0.2, 0.25) is 0 Å². The SMILES string of the molecule is CC1(COCCCCOc2cccc(C(c3ccc(Oc4ccc(N(c5ccc(-c6ccc(N(c7ccccc7)c7ccccc7)cc6)cc5)c5cccc(OCCCCOCC6(C)COC6)c5)cc4)cc3)c3ccc(-c4ccc(N(c5ccccc5)c5ccccc5)cc4)cc3)c2)COC1. The number of hydrogen-bond acceptors (Lipinski definition) is 10. The van der Waals surface area contributed by atoms with E-state index in [0.29, 0.717) is 26.4 Å². The third-order valence-electron chi connectivity index (χ3n) is 18.8. The predicted molar refractivity (Wildman–Crippen MR) is 411 cm³/mol. The van der Waals surface area contributed by atoms with Gasteiger partial charge in [-0.1, -0.05) is 178 Å². The maximum absolute atomic E-state index is 6.70. The molecule has 1 unspecified atom stereocenters. The van der Waals surface area contributed by atoms with Gasteiger partial charge in [-0.05, 0) is 210 Å². The third kappa shape index (κ3) is 17.1. The minimum atomic E-state index is -0.0971. The molecule has 0 N–H and O–H groups in total. The summed E-state index contributed by atoms with van der Waals surface area (Å²) in [4.78, 5) is 6.85. The zero-order valence-electron chi connectivity index (χ0n) is 57.7. The number of para-hydroxylation sites is 4. The molecule has 0 aliphatic carbocycles. The number of hydrogen-bond donors (Lipinski definition) is 0. The molecule has 2 fully saturated rings. The van der Waals surface area contributed by atoms with Gasteiger partial charge in [0.1, 0.15) is 23.0 Å². The Morgan fingerprint density at radius 3 is 0.980 bits per heavy atom. The lowest BCUT2D eigenvalue weighted by Gasteiger charge is -2.37. The molecule has 14 rings (SSSR count). The first-order valence-electron chi connectivity index (χ1n) is 35.4. The summed E-state index contributed by atoms with van der Waals surface area (Å²) in [6.07, 6.45) is 3.64. The summed E-state index contributed by atoms with van der Waals surface area (Å²) in [6, 6.07) is 111. The van der Waals surface area contributed by atoms with E-state index in [-0.39, 0.29) is 16.7 Å². The average molecular weight is 1330 g/mol. The topological polar surface area (TPSA) is 74.3 Å². The molecule has 0 bridgehead atoms. The summed E-state index contributed by atoms with van der Waals surface area (Å²) >= 11 is 0. The lowest BCUT2D eigenvalue weighted by atomic mass is 9.84. The molecule has 0 spiro atoms. The molecular formula is C91H87N3O7. The van der Waals surface area contributed by atoms with Crippen LogP contribution in [0.25, 0.3) is 22.3 Å². The third-order valence-corrected chi connectivity index (χ3v) is 18.8. The van der Waals surface area contributed by atoms with Crippen molar-refractivity contribution in [1.82, 2.24) is 0 Å². The van der Waals surface area contributed by atoms with Crippen LogP contribution in [0.1, 0.15) is 62.1 Å². The molecule has 2 heterocycles. The molecule has 101 heavy (non-hydrogen) atoms. The largest absolute Gasteiger partial charge is 0.494 e. The summed E-state index contributed by atoms with van der Waals surface area (Å²) in [6.45, 7) is 11.6. The van der Waals surface area contributed by atoms with Gasteiger partial charge in [0.15, 0.2) is 0 Å². The van der Waals surface area contributed by atoms with Crippen molar-refractivity contribution in [1.29, 1.82) is 0 Å². The van der Waals surface area contributed by atoms with Crippen molar-refractivity contribution in [3.8, 4) is 45.3 Å². The highest BCUT2D eigenvalue weighted by molar-refractivity contribution is 5.82. The molecule has 12 aromatic rings. The Kier molecular flexibility index (Phi) is 21.7. The summed E-state index contributed by atoms with van der Waals surface area (Å²) < 4.78 is 42.4. The van der Waals surface area contributed by atoms with Gasteiger partial charge >= 0.3 is 0 Å². The van der Waals surface area contributed by atoms with E-state index in [9.17, 15) is 0 Å². The van der Waals surface area contributed by atoms with E-state index in [1.165, 1.54) is 5.56 Å². The number of rotatable bonds is 32. The van der Waals surface area contributed by atoms with E-state index < -0.39 is 0 Å². The van der Waals surface area contributed by atoms with Crippen LogP contribution in [0.15, 0.2) is 315 Å². The number of ether oxygens (including phenoxy) is 7. The fourth-order valence-corrected chi connectivity index (χ4v) is 13.2. The second-order valence-electron chi connectivity index (χ2n) is 27.1. The highest BCUT2D eigenvalue weighted by Gasteiger charge is 2.34. The molecule has 12 aromatic carbocycles. The first-order chi connectivity index (χ1) is 49.8. The second-order valence-corrected chi connectivity index (χ2v) is 27.1. The maximum Gasteiger partial charge on any atom is 0.127 e. The first kappa shape index (κ1) is 67.5.